The van der Waals surface area contributed by atoms with Gasteiger partial charge in [0.2, 0.25) is 5.91 Å². The SMILES string of the molecule is Nc1ccc2c(c1)CCCN2C(=O)C1CC2CCC1C2. The summed E-state index contributed by atoms with van der Waals surface area (Å²) in [5.74, 6) is 2.15. The van der Waals surface area contributed by atoms with Crippen LogP contribution in [0.3, 0.4) is 0 Å². The Morgan fingerprint density at radius 2 is 2.15 bits per heavy atom. The van der Waals surface area contributed by atoms with Gasteiger partial charge in [0.05, 0.1) is 0 Å². The Kier molecular flexibility index (Phi) is 2.76. The number of carbonyl (C=O) groups excluding carboxylic acids is 1. The van der Waals surface area contributed by atoms with Crippen LogP contribution in [0.4, 0.5) is 11.4 Å². The number of carbonyl (C=O) groups is 1. The van der Waals surface area contributed by atoms with Crippen LogP contribution in [0, 0.1) is 17.8 Å². The Balaban J connectivity index is 1.62. The number of anilines is 2. The van der Waals surface area contributed by atoms with Crippen molar-refractivity contribution < 1.29 is 4.79 Å². The molecule has 0 aromatic heterocycles. The van der Waals surface area contributed by atoms with E-state index >= 15 is 0 Å². The lowest BCUT2D eigenvalue weighted by Gasteiger charge is -2.33. The lowest BCUT2D eigenvalue weighted by Crippen LogP contribution is -2.41. The van der Waals surface area contributed by atoms with E-state index < -0.39 is 0 Å². The molecule has 3 aliphatic rings. The van der Waals surface area contributed by atoms with Gasteiger partial charge >= 0.3 is 0 Å². The molecular weight excluding hydrogens is 248 g/mol. The predicted molar refractivity (Wildman–Crippen MR) is 80.5 cm³/mol. The van der Waals surface area contributed by atoms with E-state index in [0.717, 1.165) is 43.1 Å². The summed E-state index contributed by atoms with van der Waals surface area (Å²) < 4.78 is 0. The molecule has 0 radical (unpaired) electrons. The van der Waals surface area contributed by atoms with Crippen molar-refractivity contribution >= 4 is 17.3 Å². The molecule has 3 heteroatoms. The van der Waals surface area contributed by atoms with Crippen LogP contribution in [-0.2, 0) is 11.2 Å². The second-order valence-electron chi connectivity index (χ2n) is 6.76. The molecule has 3 nitrogen and oxygen atoms in total. The topological polar surface area (TPSA) is 46.3 Å². The molecule has 0 spiro atoms. The maximum absolute atomic E-state index is 12.9. The Morgan fingerprint density at radius 3 is 2.90 bits per heavy atom. The van der Waals surface area contributed by atoms with E-state index in [-0.39, 0.29) is 5.92 Å². The fourth-order valence-electron chi connectivity index (χ4n) is 4.59. The van der Waals surface area contributed by atoms with Crippen molar-refractivity contribution in [1.82, 2.24) is 0 Å². The lowest BCUT2D eigenvalue weighted by molar-refractivity contribution is -0.124. The van der Waals surface area contributed by atoms with Gasteiger partial charge in [-0.15, -0.1) is 0 Å². The first-order chi connectivity index (χ1) is 9.72. The summed E-state index contributed by atoms with van der Waals surface area (Å²) in [6, 6.07) is 6.00. The van der Waals surface area contributed by atoms with Crippen molar-refractivity contribution in [2.24, 2.45) is 17.8 Å². The second kappa shape index (κ2) is 4.51. The summed E-state index contributed by atoms with van der Waals surface area (Å²) in [5.41, 5.74) is 9.03. The Morgan fingerprint density at radius 1 is 1.25 bits per heavy atom. The van der Waals surface area contributed by atoms with Crippen molar-refractivity contribution in [2.75, 3.05) is 17.2 Å². The van der Waals surface area contributed by atoms with Gasteiger partial charge in [0.25, 0.3) is 0 Å². The number of nitrogen functional groups attached to an aromatic ring is 1. The van der Waals surface area contributed by atoms with E-state index in [1.165, 1.54) is 24.8 Å². The molecule has 20 heavy (non-hydrogen) atoms. The van der Waals surface area contributed by atoms with Crippen LogP contribution in [0.5, 0.6) is 0 Å². The zero-order valence-electron chi connectivity index (χ0n) is 11.8. The summed E-state index contributed by atoms with van der Waals surface area (Å²) in [6.07, 6.45) is 7.14. The quantitative estimate of drug-likeness (QED) is 0.797. The van der Waals surface area contributed by atoms with E-state index in [4.69, 9.17) is 5.73 Å². The largest absolute Gasteiger partial charge is 0.399 e. The minimum absolute atomic E-state index is 0.289. The maximum atomic E-state index is 12.9. The van der Waals surface area contributed by atoms with E-state index in [2.05, 4.69) is 0 Å². The molecule has 2 N–H and O–H groups in total. The summed E-state index contributed by atoms with van der Waals surface area (Å²) in [4.78, 5) is 15.0. The number of aryl methyl sites for hydroxylation is 1. The van der Waals surface area contributed by atoms with Gasteiger partial charge in [-0.05, 0) is 67.7 Å². The normalized spacial score (nSPS) is 31.4. The van der Waals surface area contributed by atoms with E-state index in [1.807, 2.05) is 23.1 Å². The monoisotopic (exact) mass is 270 g/mol. The molecule has 106 valence electrons. The molecule has 0 saturated heterocycles. The van der Waals surface area contributed by atoms with Crippen molar-refractivity contribution in [1.29, 1.82) is 0 Å². The lowest BCUT2D eigenvalue weighted by atomic mass is 9.87. The average Bonchev–Trinajstić information content (AvgIpc) is 3.08. The van der Waals surface area contributed by atoms with Gasteiger partial charge in [-0.1, -0.05) is 6.42 Å². The Bertz CT molecular complexity index is 554. The number of nitrogens with zero attached hydrogens (tertiary/aromatic N) is 1. The minimum atomic E-state index is 0.289. The van der Waals surface area contributed by atoms with Crippen LogP contribution >= 0.6 is 0 Å². The average molecular weight is 270 g/mol. The standard InChI is InChI=1S/C17H22N2O/c18-14-5-6-16-13(10-14)2-1-7-19(16)17(20)15-9-11-3-4-12(15)8-11/h5-6,10-12,15H,1-4,7-9,18H2. The number of hydrogen-bond donors (Lipinski definition) is 1. The predicted octanol–water partition coefficient (Wildman–Crippen LogP) is 2.98. The molecule has 2 bridgehead atoms. The van der Waals surface area contributed by atoms with Crippen LogP contribution in [0.25, 0.3) is 0 Å². The van der Waals surface area contributed by atoms with Crippen molar-refractivity contribution in [3.63, 3.8) is 0 Å². The first-order valence-electron chi connectivity index (χ1n) is 7.92. The molecule has 2 saturated carbocycles. The van der Waals surface area contributed by atoms with Crippen LogP contribution < -0.4 is 10.6 Å². The molecule has 3 atom stereocenters. The van der Waals surface area contributed by atoms with Crippen molar-refractivity contribution in [3.8, 4) is 0 Å². The summed E-state index contributed by atoms with van der Waals surface area (Å²) >= 11 is 0. The summed E-state index contributed by atoms with van der Waals surface area (Å²) in [6.45, 7) is 0.879. The van der Waals surface area contributed by atoms with Gasteiger partial charge in [0.1, 0.15) is 0 Å². The van der Waals surface area contributed by atoms with Crippen LogP contribution in [0.1, 0.15) is 37.7 Å². The molecule has 1 aromatic carbocycles. The summed E-state index contributed by atoms with van der Waals surface area (Å²) in [7, 11) is 0. The van der Waals surface area contributed by atoms with E-state index in [1.54, 1.807) is 0 Å². The van der Waals surface area contributed by atoms with Crippen LogP contribution in [-0.4, -0.2) is 12.5 Å². The molecule has 3 unspecified atom stereocenters. The molecular formula is C17H22N2O. The third-order valence-corrected chi connectivity index (χ3v) is 5.54. The van der Waals surface area contributed by atoms with Crippen LogP contribution in [0.15, 0.2) is 18.2 Å². The minimum Gasteiger partial charge on any atom is -0.399 e. The molecule has 1 aliphatic heterocycles. The zero-order valence-corrected chi connectivity index (χ0v) is 11.8. The maximum Gasteiger partial charge on any atom is 0.230 e. The number of hydrogen-bond acceptors (Lipinski definition) is 2. The van der Waals surface area contributed by atoms with Gasteiger partial charge in [-0.2, -0.15) is 0 Å². The fourth-order valence-corrected chi connectivity index (χ4v) is 4.59. The zero-order chi connectivity index (χ0) is 13.7. The molecule has 1 aromatic rings. The highest BCUT2D eigenvalue weighted by Crippen LogP contribution is 2.49. The highest BCUT2D eigenvalue weighted by molar-refractivity contribution is 5.96. The van der Waals surface area contributed by atoms with E-state index in [9.17, 15) is 4.79 Å². The number of fused-ring (bicyclic) bond motifs is 3. The van der Waals surface area contributed by atoms with Gasteiger partial charge in [0.15, 0.2) is 0 Å². The third-order valence-electron chi connectivity index (χ3n) is 5.54. The first-order valence-corrected chi connectivity index (χ1v) is 7.92. The van der Waals surface area contributed by atoms with Gasteiger partial charge < -0.3 is 10.6 Å². The smallest absolute Gasteiger partial charge is 0.230 e. The number of rotatable bonds is 1. The fraction of sp³-hybridized carbons (Fsp3) is 0.588. The molecule has 1 heterocycles. The van der Waals surface area contributed by atoms with Crippen LogP contribution in [0.2, 0.25) is 0 Å². The highest BCUT2D eigenvalue weighted by Gasteiger charge is 2.44. The summed E-state index contributed by atoms with van der Waals surface area (Å²) in [5, 5.41) is 0. The third kappa shape index (κ3) is 1.83. The number of nitrogens with two attached hydrogens (primary N) is 1. The Labute approximate surface area is 120 Å². The molecule has 2 fully saturated rings. The van der Waals surface area contributed by atoms with Crippen molar-refractivity contribution in [3.05, 3.63) is 23.8 Å². The van der Waals surface area contributed by atoms with Crippen molar-refractivity contribution in [2.45, 2.75) is 38.5 Å². The van der Waals surface area contributed by atoms with E-state index in [0.29, 0.717) is 11.8 Å². The molecule has 1 amide bonds. The van der Waals surface area contributed by atoms with Gasteiger partial charge in [0, 0.05) is 23.8 Å². The van der Waals surface area contributed by atoms with Gasteiger partial charge in [-0.3, -0.25) is 4.79 Å². The molecule has 4 rings (SSSR count). The van der Waals surface area contributed by atoms with Gasteiger partial charge in [-0.25, -0.2) is 0 Å². The molecule has 2 aliphatic carbocycles. The number of amides is 1. The number of benzene rings is 1. The Hall–Kier alpha value is -1.51. The first kappa shape index (κ1) is 12.2. The highest BCUT2D eigenvalue weighted by atomic mass is 16.2. The second-order valence-corrected chi connectivity index (χ2v) is 6.76.